The quantitative estimate of drug-likeness (QED) is 0.592. The van der Waals surface area contributed by atoms with Gasteiger partial charge in [0.2, 0.25) is 0 Å². The molecule has 86 valence electrons. The van der Waals surface area contributed by atoms with E-state index in [1.54, 1.807) is 5.75 Å². The molecule has 7 rings (SSSR count). The molecule has 0 aromatic rings. The fraction of sp³-hybridized carbons (Fsp3) is 0.692. The third kappa shape index (κ3) is 0.360. The predicted molar refractivity (Wildman–Crippen MR) is 68.3 cm³/mol. The van der Waals surface area contributed by atoms with Crippen molar-refractivity contribution in [1.29, 1.82) is 0 Å². The fourth-order valence-corrected chi connectivity index (χ4v) is 18.1. The Bertz CT molecular complexity index is 539. The van der Waals surface area contributed by atoms with Gasteiger partial charge >= 0.3 is 0 Å². The molecule has 3 heteroatoms. The van der Waals surface area contributed by atoms with Crippen LogP contribution in [0.15, 0.2) is 22.6 Å². The molecule has 5 fully saturated rings. The minimum atomic E-state index is -1.66. The Hall–Kier alpha value is -0.250. The summed E-state index contributed by atoms with van der Waals surface area (Å²) in [6, 6.07) is 0. The highest BCUT2D eigenvalue weighted by molar-refractivity contribution is 8.77. The molecule has 0 saturated carbocycles. The van der Waals surface area contributed by atoms with Gasteiger partial charge in [0, 0.05) is 19.0 Å². The van der Waals surface area contributed by atoms with E-state index >= 15 is 0 Å². The summed E-state index contributed by atoms with van der Waals surface area (Å²) in [5, 5.41) is 2.12. The molecule has 16 heavy (non-hydrogen) atoms. The van der Waals surface area contributed by atoms with E-state index in [9.17, 15) is 0 Å². The maximum atomic E-state index is 3.00. The summed E-state index contributed by atoms with van der Waals surface area (Å²) in [7, 11) is -1.66. The second-order valence-corrected chi connectivity index (χ2v) is 13.5. The highest BCUT2D eigenvalue weighted by Gasteiger charge is 3.13. The summed E-state index contributed by atoms with van der Waals surface area (Å²) in [6.45, 7) is 2.76. The Balaban J connectivity index is 1.71. The highest BCUT2D eigenvalue weighted by Crippen LogP contribution is 3.32. The molecule has 0 N–H and O–H groups in total. The van der Waals surface area contributed by atoms with Crippen LogP contribution in [0.25, 0.3) is 0 Å². The Kier molecular flexibility index (Phi) is 0.796. The van der Waals surface area contributed by atoms with Crippen molar-refractivity contribution in [2.45, 2.75) is 30.0 Å². The minimum Gasteiger partial charge on any atom is -0.281 e. The number of hydrogen-bond donors (Lipinski definition) is 0. The van der Waals surface area contributed by atoms with Gasteiger partial charge in [-0.2, -0.15) is 8.48 Å². The zero-order valence-corrected chi connectivity index (χ0v) is 10.4. The van der Waals surface area contributed by atoms with Crippen LogP contribution in [0.4, 0.5) is 0 Å². The molecule has 0 aromatic carbocycles. The van der Waals surface area contributed by atoms with Crippen LogP contribution in [0, 0.1) is 0 Å². The van der Waals surface area contributed by atoms with Gasteiger partial charge in [-0.05, 0) is 29.9 Å². The van der Waals surface area contributed by atoms with Crippen molar-refractivity contribution in [1.82, 2.24) is 9.21 Å². The van der Waals surface area contributed by atoms with Crippen LogP contribution in [0.5, 0.6) is 0 Å². The average molecular weight is 234 g/mol. The van der Waals surface area contributed by atoms with Gasteiger partial charge in [0.1, 0.15) is 0 Å². The number of fused-ring (bicyclic) bond motifs is 1. The van der Waals surface area contributed by atoms with Crippen LogP contribution in [-0.4, -0.2) is 44.7 Å². The third-order valence-corrected chi connectivity index (χ3v) is 16.3. The molecule has 1 aliphatic carbocycles. The van der Waals surface area contributed by atoms with Crippen LogP contribution < -0.4 is 0 Å². The molecule has 0 aromatic heterocycles. The van der Waals surface area contributed by atoms with Crippen molar-refractivity contribution < 1.29 is 0 Å². The van der Waals surface area contributed by atoms with Gasteiger partial charge in [0.15, 0.2) is 0 Å². The van der Waals surface area contributed by atoms with Crippen molar-refractivity contribution in [3.63, 3.8) is 0 Å². The molecule has 4 atom stereocenters. The summed E-state index contributed by atoms with van der Waals surface area (Å²) in [5.41, 5.74) is 1.88. The normalized spacial score (nSPS) is 62.0. The first-order chi connectivity index (χ1) is 7.80. The first-order valence-corrected chi connectivity index (χ1v) is 9.59. The Morgan fingerprint density at radius 3 is 2.94 bits per heavy atom. The average Bonchev–Trinajstić information content (AvgIpc) is 2.99. The second kappa shape index (κ2) is 1.60. The molecule has 7 aliphatic rings. The van der Waals surface area contributed by atoms with Gasteiger partial charge in [-0.25, -0.2) is 0 Å². The van der Waals surface area contributed by atoms with E-state index in [0.717, 1.165) is 10.7 Å². The lowest BCUT2D eigenvalue weighted by Crippen LogP contribution is -2.64. The molecule has 2 nitrogen and oxygen atoms in total. The number of piperazine rings is 1. The molecule has 1 spiro atoms. The molecule has 0 radical (unpaired) electrons. The maximum Gasteiger partial charge on any atom is 0.0762 e. The fourth-order valence-electron chi connectivity index (χ4n) is 6.39. The van der Waals surface area contributed by atoms with E-state index in [1.165, 1.54) is 38.2 Å². The van der Waals surface area contributed by atoms with E-state index < -0.39 is 8.48 Å². The summed E-state index contributed by atoms with van der Waals surface area (Å²) >= 11 is 0. The van der Waals surface area contributed by atoms with E-state index in [4.69, 9.17) is 0 Å². The van der Waals surface area contributed by atoms with E-state index in [2.05, 4.69) is 21.4 Å². The lowest BCUT2D eigenvalue weighted by molar-refractivity contribution is 0.169. The van der Waals surface area contributed by atoms with Gasteiger partial charge in [0.05, 0.1) is 10.7 Å². The molecule has 6 aliphatic heterocycles. The number of nitrogens with zero attached hydrogens (tertiary/aromatic N) is 2. The van der Waals surface area contributed by atoms with Crippen molar-refractivity contribution >= 4 is 8.48 Å². The Morgan fingerprint density at radius 2 is 2.19 bits per heavy atom. The molecule has 0 amide bonds. The predicted octanol–water partition coefficient (Wildman–Crippen LogP) is 2.05. The number of rotatable bonds is 0. The molecule has 3 bridgehead atoms. The van der Waals surface area contributed by atoms with E-state index in [1.807, 2.05) is 10.5 Å². The molecular weight excluding hydrogens is 216 g/mol. The topological polar surface area (TPSA) is 6.25 Å². The van der Waals surface area contributed by atoms with Crippen molar-refractivity contribution in [3.05, 3.63) is 22.6 Å². The van der Waals surface area contributed by atoms with Crippen LogP contribution in [-0.2, 0) is 0 Å². The monoisotopic (exact) mass is 234 g/mol. The second-order valence-electron chi connectivity index (χ2n) is 6.82. The van der Waals surface area contributed by atoms with Gasteiger partial charge in [-0.15, -0.1) is 0 Å². The van der Waals surface area contributed by atoms with Crippen molar-refractivity contribution in [3.8, 4) is 0 Å². The summed E-state index contributed by atoms with van der Waals surface area (Å²) in [4.78, 5) is 4.74. The van der Waals surface area contributed by atoms with Crippen LogP contribution in [0.3, 0.4) is 0 Å². The smallest absolute Gasteiger partial charge is 0.0762 e. The zero-order valence-electron chi connectivity index (χ0n) is 9.56. The molecular formula is C13H18N2S. The van der Waals surface area contributed by atoms with Crippen LogP contribution >= 0.6 is 8.48 Å². The third-order valence-electron chi connectivity index (χ3n) is 6.91. The number of allylic oxidation sites excluding steroid dienone is 3. The lowest BCUT2D eigenvalue weighted by Gasteiger charge is -2.73. The van der Waals surface area contributed by atoms with Gasteiger partial charge in [0.25, 0.3) is 0 Å². The zero-order chi connectivity index (χ0) is 10.2. The van der Waals surface area contributed by atoms with Gasteiger partial charge in [-0.1, -0.05) is 17.7 Å². The maximum absolute atomic E-state index is 3.00. The van der Waals surface area contributed by atoms with Crippen molar-refractivity contribution in [2.75, 3.05) is 24.7 Å². The molecule has 4 unspecified atom stereocenters. The minimum absolute atomic E-state index is 1.06. The van der Waals surface area contributed by atoms with Gasteiger partial charge < -0.3 is 0 Å². The first-order valence-electron chi connectivity index (χ1n) is 6.72. The Labute approximate surface area is 95.4 Å². The largest absolute Gasteiger partial charge is 0.281 e. The Morgan fingerprint density at radius 1 is 1.19 bits per heavy atom. The summed E-state index contributed by atoms with van der Waals surface area (Å²) in [6.07, 6.45) is 9.19. The summed E-state index contributed by atoms with van der Waals surface area (Å²) < 4.78 is 3.00. The highest BCUT2D eigenvalue weighted by atomic mass is 32.4. The van der Waals surface area contributed by atoms with Crippen LogP contribution in [0.2, 0.25) is 0 Å². The van der Waals surface area contributed by atoms with E-state index in [-0.39, 0.29) is 0 Å². The SMILES string of the molecule is C1=CC2=C(CC1)CCS2134CN2CCN1C3C24. The molecule has 5 saturated heterocycles. The van der Waals surface area contributed by atoms with E-state index in [0.29, 0.717) is 0 Å². The van der Waals surface area contributed by atoms with Crippen molar-refractivity contribution in [2.24, 2.45) is 0 Å². The van der Waals surface area contributed by atoms with Gasteiger partial charge in [-0.3, -0.25) is 9.21 Å². The van der Waals surface area contributed by atoms with Crippen LogP contribution in [0.1, 0.15) is 19.3 Å². The first kappa shape index (κ1) is 7.96. The molecule has 6 heterocycles. The lowest BCUT2D eigenvalue weighted by atomic mass is 10.0. The standard InChI is InChI=1S/C13H18N2S/c1-2-4-11-10(3-1)5-8-16(11)9-14-6-7-15(16)13(16)12(14)16/h2,4,12-13H,1,3,5-9H2. The summed E-state index contributed by atoms with van der Waals surface area (Å²) in [5.74, 6) is 3.08. The number of hydrogen-bond acceptors (Lipinski definition) is 2.